The molecule has 0 heterocycles. The summed E-state index contributed by atoms with van der Waals surface area (Å²) in [5.41, 5.74) is 0.943. The molecule has 2 nitrogen and oxygen atoms in total. The van der Waals surface area contributed by atoms with E-state index in [1.807, 2.05) is 12.1 Å². The van der Waals surface area contributed by atoms with Crippen molar-refractivity contribution >= 4 is 35.1 Å². The zero-order valence-corrected chi connectivity index (χ0v) is 11.3. The van der Waals surface area contributed by atoms with Gasteiger partial charge in [-0.1, -0.05) is 41.4 Å². The second kappa shape index (κ2) is 5.91. The summed E-state index contributed by atoms with van der Waals surface area (Å²) in [7, 11) is 0. The number of phenolic OH excluding ortho intramolecular Hbond substituents is 1. The molecule has 0 radical (unpaired) electrons. The Labute approximate surface area is 120 Å². The lowest BCUT2D eigenvalue weighted by molar-refractivity contribution is 0.104. The van der Waals surface area contributed by atoms with Crippen molar-refractivity contribution in [1.29, 1.82) is 0 Å². The molecule has 0 spiro atoms. The average molecular weight is 293 g/mol. The van der Waals surface area contributed by atoms with Gasteiger partial charge in [0.25, 0.3) is 0 Å². The largest absolute Gasteiger partial charge is 0.507 e. The summed E-state index contributed by atoms with van der Waals surface area (Å²) in [6.07, 6.45) is 2.98. The molecule has 0 saturated carbocycles. The third-order valence-corrected chi connectivity index (χ3v) is 3.12. The fraction of sp³-hybridized carbons (Fsp3) is 0. The number of carbonyl (C=O) groups is 1. The van der Waals surface area contributed by atoms with Gasteiger partial charge in [-0.15, -0.1) is 0 Å². The van der Waals surface area contributed by atoms with Crippen LogP contribution in [0.4, 0.5) is 0 Å². The molecule has 0 aliphatic rings. The van der Waals surface area contributed by atoms with Gasteiger partial charge in [0.15, 0.2) is 5.78 Å². The monoisotopic (exact) mass is 292 g/mol. The highest BCUT2D eigenvalue weighted by Gasteiger charge is 2.08. The molecule has 0 aliphatic heterocycles. The topological polar surface area (TPSA) is 37.3 Å². The van der Waals surface area contributed by atoms with Crippen LogP contribution in [0.25, 0.3) is 6.08 Å². The maximum atomic E-state index is 11.9. The van der Waals surface area contributed by atoms with Gasteiger partial charge < -0.3 is 5.11 Å². The Morgan fingerprint density at radius 3 is 2.53 bits per heavy atom. The normalized spacial score (nSPS) is 10.8. The van der Waals surface area contributed by atoms with Crippen molar-refractivity contribution in [3.8, 4) is 5.75 Å². The minimum absolute atomic E-state index is 0.138. The van der Waals surface area contributed by atoms with E-state index in [4.69, 9.17) is 23.2 Å². The second-order valence-electron chi connectivity index (χ2n) is 3.88. The summed E-state index contributed by atoms with van der Waals surface area (Å²) in [6, 6.07) is 11.6. The lowest BCUT2D eigenvalue weighted by atomic mass is 10.1. The molecule has 0 unspecified atom stereocenters. The zero-order chi connectivity index (χ0) is 13.8. The predicted molar refractivity (Wildman–Crippen MR) is 77.9 cm³/mol. The van der Waals surface area contributed by atoms with Crippen LogP contribution in [0.1, 0.15) is 15.9 Å². The SMILES string of the molecule is O=C(/C=C/c1ccccc1Cl)c1ccc(Cl)cc1O. The first kappa shape index (κ1) is 13.7. The van der Waals surface area contributed by atoms with E-state index in [1.165, 1.54) is 18.2 Å². The Morgan fingerprint density at radius 2 is 1.84 bits per heavy atom. The van der Waals surface area contributed by atoms with E-state index < -0.39 is 0 Å². The van der Waals surface area contributed by atoms with Crippen LogP contribution in [0, 0.1) is 0 Å². The van der Waals surface area contributed by atoms with Crippen molar-refractivity contribution in [2.24, 2.45) is 0 Å². The molecular formula is C15H10Cl2O2. The maximum absolute atomic E-state index is 11.9. The van der Waals surface area contributed by atoms with Crippen molar-refractivity contribution in [2.45, 2.75) is 0 Å². The van der Waals surface area contributed by atoms with E-state index >= 15 is 0 Å². The molecule has 4 heteroatoms. The first-order valence-electron chi connectivity index (χ1n) is 5.53. The van der Waals surface area contributed by atoms with Gasteiger partial charge in [-0.3, -0.25) is 4.79 Å². The Bertz CT molecular complexity index is 648. The van der Waals surface area contributed by atoms with Gasteiger partial charge in [0, 0.05) is 10.0 Å². The van der Waals surface area contributed by atoms with Crippen LogP contribution in [0.5, 0.6) is 5.75 Å². The molecule has 0 aromatic heterocycles. The summed E-state index contributed by atoms with van der Waals surface area (Å²) < 4.78 is 0. The molecule has 0 bridgehead atoms. The van der Waals surface area contributed by atoms with E-state index in [9.17, 15) is 9.90 Å². The van der Waals surface area contributed by atoms with Crippen LogP contribution in [-0.4, -0.2) is 10.9 Å². The molecule has 0 amide bonds. The summed E-state index contributed by atoms with van der Waals surface area (Å²) >= 11 is 11.7. The van der Waals surface area contributed by atoms with Crippen molar-refractivity contribution in [1.82, 2.24) is 0 Å². The fourth-order valence-electron chi connectivity index (χ4n) is 1.58. The molecule has 19 heavy (non-hydrogen) atoms. The number of allylic oxidation sites excluding steroid dienone is 1. The summed E-state index contributed by atoms with van der Waals surface area (Å²) in [6.45, 7) is 0. The highest BCUT2D eigenvalue weighted by Crippen LogP contribution is 2.23. The number of phenols is 1. The second-order valence-corrected chi connectivity index (χ2v) is 4.72. The number of ketones is 1. The fourth-order valence-corrected chi connectivity index (χ4v) is 1.94. The minimum Gasteiger partial charge on any atom is -0.507 e. The predicted octanol–water partition coefficient (Wildman–Crippen LogP) is 4.60. The first-order chi connectivity index (χ1) is 9.08. The molecule has 96 valence electrons. The summed E-state index contributed by atoms with van der Waals surface area (Å²) in [5, 5.41) is 10.6. The quantitative estimate of drug-likeness (QED) is 0.663. The van der Waals surface area contributed by atoms with Gasteiger partial charge in [0.1, 0.15) is 5.75 Å². The standard InChI is InChI=1S/C15H10Cl2O2/c16-11-6-7-12(15(19)9-11)14(18)8-5-10-3-1-2-4-13(10)17/h1-9,19H/b8-5+. The number of aromatic hydroxyl groups is 1. The van der Waals surface area contributed by atoms with Crippen molar-refractivity contribution < 1.29 is 9.90 Å². The Kier molecular flexibility index (Phi) is 4.25. The first-order valence-corrected chi connectivity index (χ1v) is 6.29. The zero-order valence-electron chi connectivity index (χ0n) is 9.81. The molecule has 2 aromatic rings. The lowest BCUT2D eigenvalue weighted by Gasteiger charge is -2.01. The molecule has 2 aromatic carbocycles. The van der Waals surface area contributed by atoms with Crippen molar-refractivity contribution in [3.63, 3.8) is 0 Å². The van der Waals surface area contributed by atoms with Gasteiger partial charge in [-0.25, -0.2) is 0 Å². The number of benzene rings is 2. The number of carbonyl (C=O) groups excluding carboxylic acids is 1. The lowest BCUT2D eigenvalue weighted by Crippen LogP contribution is -1.94. The Morgan fingerprint density at radius 1 is 1.11 bits per heavy atom. The Balaban J connectivity index is 2.24. The van der Waals surface area contributed by atoms with Crippen LogP contribution >= 0.6 is 23.2 Å². The van der Waals surface area contributed by atoms with Gasteiger partial charge >= 0.3 is 0 Å². The van der Waals surface area contributed by atoms with Crippen LogP contribution < -0.4 is 0 Å². The number of hydrogen-bond acceptors (Lipinski definition) is 2. The molecule has 0 fully saturated rings. The van der Waals surface area contributed by atoms with Crippen LogP contribution in [0.2, 0.25) is 10.0 Å². The summed E-state index contributed by atoms with van der Waals surface area (Å²) in [5.74, 6) is -0.449. The maximum Gasteiger partial charge on any atom is 0.189 e. The summed E-state index contributed by atoms with van der Waals surface area (Å²) in [4.78, 5) is 11.9. The van der Waals surface area contributed by atoms with Crippen LogP contribution in [-0.2, 0) is 0 Å². The third-order valence-electron chi connectivity index (χ3n) is 2.54. The van der Waals surface area contributed by atoms with Crippen molar-refractivity contribution in [3.05, 3.63) is 69.7 Å². The van der Waals surface area contributed by atoms with E-state index in [0.717, 1.165) is 5.56 Å². The average Bonchev–Trinajstić information content (AvgIpc) is 2.37. The highest BCUT2D eigenvalue weighted by molar-refractivity contribution is 6.32. The molecule has 1 N–H and O–H groups in total. The van der Waals surface area contributed by atoms with Gasteiger partial charge in [0.05, 0.1) is 5.56 Å². The third kappa shape index (κ3) is 3.37. The number of hydrogen-bond donors (Lipinski definition) is 1. The van der Waals surface area contributed by atoms with Gasteiger partial charge in [0.2, 0.25) is 0 Å². The van der Waals surface area contributed by atoms with E-state index in [2.05, 4.69) is 0 Å². The van der Waals surface area contributed by atoms with Crippen LogP contribution in [0.15, 0.2) is 48.5 Å². The molecular weight excluding hydrogens is 283 g/mol. The minimum atomic E-state index is -0.311. The molecule has 0 aliphatic carbocycles. The van der Waals surface area contributed by atoms with Crippen LogP contribution in [0.3, 0.4) is 0 Å². The highest BCUT2D eigenvalue weighted by atomic mass is 35.5. The number of rotatable bonds is 3. The smallest absolute Gasteiger partial charge is 0.189 e. The van der Waals surface area contributed by atoms with E-state index in [0.29, 0.717) is 10.0 Å². The van der Waals surface area contributed by atoms with E-state index in [1.54, 1.807) is 24.3 Å². The molecule has 2 rings (SSSR count). The molecule has 0 saturated heterocycles. The number of halogens is 2. The van der Waals surface area contributed by atoms with E-state index in [-0.39, 0.29) is 17.1 Å². The molecule has 0 atom stereocenters. The van der Waals surface area contributed by atoms with Gasteiger partial charge in [-0.2, -0.15) is 0 Å². The Hall–Kier alpha value is -1.77. The van der Waals surface area contributed by atoms with Gasteiger partial charge in [-0.05, 0) is 42.0 Å². The van der Waals surface area contributed by atoms with Crippen molar-refractivity contribution in [2.75, 3.05) is 0 Å².